The second-order valence-electron chi connectivity index (χ2n) is 7.17. The number of amides is 1. The molecule has 2 aromatic carbocycles. The Kier molecular flexibility index (Phi) is 6.86. The maximum Gasteiger partial charge on any atom is 0.303 e. The SMILES string of the molecule is Cc1ccc([C@@H](CCC(=O)O)N2CCN(C(=O)c3ccccc3Br)CC2)cc1. The van der Waals surface area contributed by atoms with Gasteiger partial charge in [0.15, 0.2) is 0 Å². The molecule has 1 aliphatic rings. The Hall–Kier alpha value is -2.18. The molecule has 1 saturated heterocycles. The van der Waals surface area contributed by atoms with Crippen LogP contribution in [0.25, 0.3) is 0 Å². The van der Waals surface area contributed by atoms with Gasteiger partial charge in [-0.15, -0.1) is 0 Å². The molecule has 0 spiro atoms. The summed E-state index contributed by atoms with van der Waals surface area (Å²) in [6, 6.07) is 15.8. The Labute approximate surface area is 174 Å². The van der Waals surface area contributed by atoms with Gasteiger partial charge >= 0.3 is 5.97 Å². The Morgan fingerprint density at radius 2 is 1.68 bits per heavy atom. The molecule has 1 heterocycles. The van der Waals surface area contributed by atoms with Gasteiger partial charge in [0.05, 0.1) is 5.56 Å². The van der Waals surface area contributed by atoms with Crippen LogP contribution >= 0.6 is 15.9 Å². The zero-order valence-corrected chi connectivity index (χ0v) is 17.6. The first-order valence-electron chi connectivity index (χ1n) is 9.52. The molecule has 0 radical (unpaired) electrons. The minimum atomic E-state index is -0.778. The van der Waals surface area contributed by atoms with Crippen LogP contribution in [0.1, 0.15) is 40.4 Å². The molecule has 3 rings (SSSR count). The molecule has 1 atom stereocenters. The van der Waals surface area contributed by atoms with E-state index in [-0.39, 0.29) is 18.4 Å². The number of aryl methyl sites for hydroxylation is 1. The van der Waals surface area contributed by atoms with Crippen molar-refractivity contribution in [2.24, 2.45) is 0 Å². The van der Waals surface area contributed by atoms with Gasteiger partial charge in [0, 0.05) is 43.1 Å². The minimum Gasteiger partial charge on any atom is -0.481 e. The lowest BCUT2D eigenvalue weighted by atomic mass is 9.98. The minimum absolute atomic E-state index is 0.0320. The summed E-state index contributed by atoms with van der Waals surface area (Å²) in [6.07, 6.45) is 0.700. The number of hydrogen-bond acceptors (Lipinski definition) is 3. The van der Waals surface area contributed by atoms with Crippen LogP contribution in [0.3, 0.4) is 0 Å². The number of nitrogens with zero attached hydrogens (tertiary/aromatic N) is 2. The van der Waals surface area contributed by atoms with Crippen LogP contribution in [0.15, 0.2) is 53.0 Å². The molecule has 28 heavy (non-hydrogen) atoms. The van der Waals surface area contributed by atoms with Gasteiger partial charge in [-0.05, 0) is 47.0 Å². The zero-order chi connectivity index (χ0) is 20.1. The molecule has 0 saturated carbocycles. The quantitative estimate of drug-likeness (QED) is 0.727. The molecule has 1 fully saturated rings. The second kappa shape index (κ2) is 9.34. The van der Waals surface area contributed by atoms with E-state index in [1.807, 2.05) is 36.1 Å². The van der Waals surface area contributed by atoms with Gasteiger partial charge in [-0.1, -0.05) is 42.0 Å². The van der Waals surface area contributed by atoms with E-state index < -0.39 is 5.97 Å². The maximum absolute atomic E-state index is 12.8. The fraction of sp³-hybridized carbons (Fsp3) is 0.364. The summed E-state index contributed by atoms with van der Waals surface area (Å²) in [4.78, 5) is 28.1. The van der Waals surface area contributed by atoms with E-state index >= 15 is 0 Å². The summed E-state index contributed by atoms with van der Waals surface area (Å²) >= 11 is 3.46. The van der Waals surface area contributed by atoms with Gasteiger partial charge in [0.1, 0.15) is 0 Å². The van der Waals surface area contributed by atoms with Crippen LogP contribution in [0.2, 0.25) is 0 Å². The van der Waals surface area contributed by atoms with Crippen LogP contribution in [-0.4, -0.2) is 53.0 Å². The summed E-state index contributed by atoms with van der Waals surface area (Å²) in [5, 5.41) is 9.14. The third-order valence-corrected chi connectivity index (χ3v) is 5.93. The molecule has 0 aliphatic carbocycles. The van der Waals surface area contributed by atoms with E-state index in [1.54, 1.807) is 0 Å². The Morgan fingerprint density at radius 3 is 2.29 bits per heavy atom. The maximum atomic E-state index is 12.8. The molecular weight excluding hydrogens is 420 g/mol. The Balaban J connectivity index is 1.69. The number of carbonyl (C=O) groups excluding carboxylic acids is 1. The van der Waals surface area contributed by atoms with Crippen molar-refractivity contribution >= 4 is 27.8 Å². The fourth-order valence-electron chi connectivity index (χ4n) is 3.65. The van der Waals surface area contributed by atoms with Crippen LogP contribution in [0.4, 0.5) is 0 Å². The highest BCUT2D eigenvalue weighted by Crippen LogP contribution is 2.28. The van der Waals surface area contributed by atoms with E-state index in [4.69, 9.17) is 5.11 Å². The zero-order valence-electron chi connectivity index (χ0n) is 16.0. The number of piperazine rings is 1. The van der Waals surface area contributed by atoms with Crippen LogP contribution in [0, 0.1) is 6.92 Å². The lowest BCUT2D eigenvalue weighted by Crippen LogP contribution is -2.49. The Morgan fingerprint density at radius 1 is 1.04 bits per heavy atom. The molecule has 1 aliphatic heterocycles. The number of halogens is 1. The van der Waals surface area contributed by atoms with Crippen molar-refractivity contribution in [1.82, 2.24) is 9.80 Å². The average Bonchev–Trinajstić information content (AvgIpc) is 2.69. The smallest absolute Gasteiger partial charge is 0.303 e. The van der Waals surface area contributed by atoms with Crippen molar-refractivity contribution in [3.05, 3.63) is 69.7 Å². The standard InChI is InChI=1S/C22H25BrN2O3/c1-16-6-8-17(9-7-16)20(10-11-21(26)27)24-12-14-25(15-13-24)22(28)18-4-2-3-5-19(18)23/h2-9,20H,10-15H2,1H3,(H,26,27)/t20-/m1/s1. The topological polar surface area (TPSA) is 60.9 Å². The normalized spacial score (nSPS) is 16.0. The molecule has 1 N–H and O–H groups in total. The van der Waals surface area contributed by atoms with Crippen LogP contribution in [-0.2, 0) is 4.79 Å². The van der Waals surface area contributed by atoms with Gasteiger partial charge < -0.3 is 10.0 Å². The van der Waals surface area contributed by atoms with Crippen molar-refractivity contribution in [2.75, 3.05) is 26.2 Å². The van der Waals surface area contributed by atoms with E-state index in [0.29, 0.717) is 25.1 Å². The number of carboxylic acids is 1. The highest BCUT2D eigenvalue weighted by Gasteiger charge is 2.28. The lowest BCUT2D eigenvalue weighted by molar-refractivity contribution is -0.137. The van der Waals surface area contributed by atoms with Gasteiger partial charge in [0.25, 0.3) is 5.91 Å². The monoisotopic (exact) mass is 444 g/mol. The third kappa shape index (κ3) is 5.00. The summed E-state index contributed by atoms with van der Waals surface area (Å²) < 4.78 is 0.807. The Bertz CT molecular complexity index is 830. The highest BCUT2D eigenvalue weighted by molar-refractivity contribution is 9.10. The van der Waals surface area contributed by atoms with Crippen LogP contribution < -0.4 is 0 Å². The third-order valence-electron chi connectivity index (χ3n) is 5.24. The van der Waals surface area contributed by atoms with Crippen molar-refractivity contribution in [3.8, 4) is 0 Å². The largest absolute Gasteiger partial charge is 0.481 e. The summed E-state index contributed by atoms with van der Waals surface area (Å²) in [5.74, 6) is -0.746. The number of aliphatic carboxylic acids is 1. The first-order chi connectivity index (χ1) is 13.5. The molecule has 6 heteroatoms. The predicted molar refractivity (Wildman–Crippen MR) is 112 cm³/mol. The molecular formula is C22H25BrN2O3. The molecule has 148 valence electrons. The summed E-state index contributed by atoms with van der Waals surface area (Å²) in [6.45, 7) is 4.77. The average molecular weight is 445 g/mol. The first kappa shape index (κ1) is 20.6. The van der Waals surface area contributed by atoms with Gasteiger partial charge in [-0.2, -0.15) is 0 Å². The van der Waals surface area contributed by atoms with E-state index in [1.165, 1.54) is 5.56 Å². The number of carbonyl (C=O) groups is 2. The molecule has 0 unspecified atom stereocenters. The molecule has 0 bridgehead atoms. The summed E-state index contributed by atoms with van der Waals surface area (Å²) in [5.41, 5.74) is 3.00. The molecule has 5 nitrogen and oxygen atoms in total. The van der Waals surface area contributed by atoms with Crippen LogP contribution in [0.5, 0.6) is 0 Å². The first-order valence-corrected chi connectivity index (χ1v) is 10.3. The number of benzene rings is 2. The van der Waals surface area contributed by atoms with Gasteiger partial charge in [-0.3, -0.25) is 14.5 Å². The number of carboxylic acid groups (broad SMARTS) is 1. The van der Waals surface area contributed by atoms with Crippen molar-refractivity contribution in [2.45, 2.75) is 25.8 Å². The lowest BCUT2D eigenvalue weighted by Gasteiger charge is -2.39. The highest BCUT2D eigenvalue weighted by atomic mass is 79.9. The summed E-state index contributed by atoms with van der Waals surface area (Å²) in [7, 11) is 0. The molecule has 2 aromatic rings. The van der Waals surface area contributed by atoms with E-state index in [2.05, 4.69) is 45.1 Å². The van der Waals surface area contributed by atoms with Crippen molar-refractivity contribution in [3.63, 3.8) is 0 Å². The molecule has 0 aromatic heterocycles. The molecule has 1 amide bonds. The van der Waals surface area contributed by atoms with Gasteiger partial charge in [0.2, 0.25) is 0 Å². The van der Waals surface area contributed by atoms with E-state index in [9.17, 15) is 9.59 Å². The second-order valence-corrected chi connectivity index (χ2v) is 8.02. The van der Waals surface area contributed by atoms with E-state index in [0.717, 1.165) is 23.1 Å². The van der Waals surface area contributed by atoms with Gasteiger partial charge in [-0.25, -0.2) is 0 Å². The number of hydrogen-bond donors (Lipinski definition) is 1. The number of rotatable bonds is 6. The van der Waals surface area contributed by atoms with Crippen molar-refractivity contribution < 1.29 is 14.7 Å². The fourth-order valence-corrected chi connectivity index (χ4v) is 4.10. The van der Waals surface area contributed by atoms with Crippen molar-refractivity contribution in [1.29, 1.82) is 0 Å². The predicted octanol–water partition coefficient (Wildman–Crippen LogP) is 4.12.